The van der Waals surface area contributed by atoms with E-state index in [2.05, 4.69) is 20.1 Å². The third-order valence-corrected chi connectivity index (χ3v) is 5.15. The Kier molecular flexibility index (Phi) is 5.95. The maximum Gasteiger partial charge on any atom is 0.274 e. The molecule has 0 aliphatic carbocycles. The van der Waals surface area contributed by atoms with E-state index in [1.54, 1.807) is 12.3 Å². The molecule has 2 saturated heterocycles. The summed E-state index contributed by atoms with van der Waals surface area (Å²) >= 11 is 6.18. The number of hydrogen-bond donors (Lipinski definition) is 1. The minimum atomic E-state index is -0.258. The van der Waals surface area contributed by atoms with E-state index >= 15 is 0 Å². The number of anilines is 3. The van der Waals surface area contributed by atoms with Crippen molar-refractivity contribution < 1.29 is 14.3 Å². The lowest BCUT2D eigenvalue weighted by atomic mass is 10.2. The Morgan fingerprint density at radius 3 is 2.36 bits per heavy atom. The van der Waals surface area contributed by atoms with Crippen LogP contribution in [0.25, 0.3) is 0 Å². The van der Waals surface area contributed by atoms with E-state index < -0.39 is 0 Å². The maximum atomic E-state index is 12.9. The molecule has 1 amide bonds. The number of benzene rings is 1. The van der Waals surface area contributed by atoms with Crippen LogP contribution in [0.2, 0.25) is 5.02 Å². The lowest BCUT2D eigenvalue weighted by molar-refractivity contribution is 0.102. The third-order valence-electron chi connectivity index (χ3n) is 4.91. The van der Waals surface area contributed by atoms with Crippen LogP contribution in [-0.2, 0) is 9.47 Å². The van der Waals surface area contributed by atoms with Gasteiger partial charge in [0.1, 0.15) is 5.69 Å². The summed E-state index contributed by atoms with van der Waals surface area (Å²) < 4.78 is 10.8. The molecule has 2 aliphatic rings. The van der Waals surface area contributed by atoms with Crippen molar-refractivity contribution in [1.29, 1.82) is 0 Å². The molecule has 2 aromatic rings. The van der Waals surface area contributed by atoms with Crippen LogP contribution in [0.3, 0.4) is 0 Å². The fourth-order valence-corrected chi connectivity index (χ4v) is 3.61. The zero-order chi connectivity index (χ0) is 19.3. The molecule has 0 unspecified atom stereocenters. The molecule has 0 spiro atoms. The molecule has 7 nitrogen and oxygen atoms in total. The van der Waals surface area contributed by atoms with Crippen molar-refractivity contribution in [2.75, 3.05) is 67.7 Å². The number of pyridine rings is 1. The zero-order valence-corrected chi connectivity index (χ0v) is 16.3. The van der Waals surface area contributed by atoms with Crippen LogP contribution < -0.4 is 15.1 Å². The van der Waals surface area contributed by atoms with Crippen molar-refractivity contribution >= 4 is 34.6 Å². The predicted octanol–water partition coefficient (Wildman–Crippen LogP) is 2.66. The molecular weight excluding hydrogens is 380 g/mol. The summed E-state index contributed by atoms with van der Waals surface area (Å²) in [6.45, 7) is 5.87. The standard InChI is InChI=1S/C20H23ClN4O3/c21-15-1-2-19(25-7-11-28-12-8-25)17(13-15)23-20(26)18-14-16(3-4-22-18)24-5-9-27-10-6-24/h1-4,13-14H,5-12H2,(H,23,26). The lowest BCUT2D eigenvalue weighted by Crippen LogP contribution is -2.37. The fraction of sp³-hybridized carbons (Fsp3) is 0.400. The van der Waals surface area contributed by atoms with Gasteiger partial charge in [0.2, 0.25) is 0 Å². The number of nitrogens with one attached hydrogen (secondary N) is 1. The number of halogens is 1. The highest BCUT2D eigenvalue weighted by Gasteiger charge is 2.19. The van der Waals surface area contributed by atoms with E-state index in [0.717, 1.165) is 37.6 Å². The minimum Gasteiger partial charge on any atom is -0.378 e. The van der Waals surface area contributed by atoms with Gasteiger partial charge in [-0.1, -0.05) is 11.6 Å². The largest absolute Gasteiger partial charge is 0.378 e. The number of carbonyl (C=O) groups excluding carboxylic acids is 1. The quantitative estimate of drug-likeness (QED) is 0.848. The van der Waals surface area contributed by atoms with E-state index in [0.29, 0.717) is 42.8 Å². The van der Waals surface area contributed by atoms with Crippen LogP contribution >= 0.6 is 11.6 Å². The smallest absolute Gasteiger partial charge is 0.274 e. The Labute approximate surface area is 169 Å². The Morgan fingerprint density at radius 1 is 0.964 bits per heavy atom. The van der Waals surface area contributed by atoms with Crippen molar-refractivity contribution in [2.45, 2.75) is 0 Å². The van der Waals surface area contributed by atoms with Gasteiger partial charge in [-0.15, -0.1) is 0 Å². The molecular formula is C20H23ClN4O3. The summed E-state index contributed by atoms with van der Waals surface area (Å²) in [5.74, 6) is -0.258. The van der Waals surface area contributed by atoms with Crippen molar-refractivity contribution in [3.63, 3.8) is 0 Å². The summed E-state index contributed by atoms with van der Waals surface area (Å²) in [5.41, 5.74) is 2.96. The molecule has 0 atom stereocenters. The van der Waals surface area contributed by atoms with Gasteiger partial charge in [-0.25, -0.2) is 0 Å². The highest BCUT2D eigenvalue weighted by molar-refractivity contribution is 6.31. The summed E-state index contributed by atoms with van der Waals surface area (Å²) in [7, 11) is 0. The average molecular weight is 403 g/mol. The number of rotatable bonds is 4. The molecule has 8 heteroatoms. The Bertz CT molecular complexity index is 836. The molecule has 28 heavy (non-hydrogen) atoms. The Morgan fingerprint density at radius 2 is 1.64 bits per heavy atom. The number of aromatic nitrogens is 1. The Balaban J connectivity index is 1.54. The zero-order valence-electron chi connectivity index (χ0n) is 15.6. The van der Waals surface area contributed by atoms with Gasteiger partial charge < -0.3 is 24.6 Å². The van der Waals surface area contributed by atoms with E-state index in [1.807, 2.05) is 24.3 Å². The first-order chi connectivity index (χ1) is 13.7. The number of nitrogens with zero attached hydrogens (tertiary/aromatic N) is 3. The molecule has 0 radical (unpaired) electrons. The molecule has 2 fully saturated rings. The predicted molar refractivity (Wildman–Crippen MR) is 110 cm³/mol. The van der Waals surface area contributed by atoms with Crippen LogP contribution in [-0.4, -0.2) is 63.5 Å². The number of ether oxygens (including phenoxy) is 2. The first-order valence-electron chi connectivity index (χ1n) is 9.43. The summed E-state index contributed by atoms with van der Waals surface area (Å²) in [6, 6.07) is 9.27. The van der Waals surface area contributed by atoms with Crippen LogP contribution in [0, 0.1) is 0 Å². The van der Waals surface area contributed by atoms with Crippen LogP contribution in [0.5, 0.6) is 0 Å². The van der Waals surface area contributed by atoms with Gasteiger partial charge in [-0.2, -0.15) is 0 Å². The van der Waals surface area contributed by atoms with Gasteiger partial charge in [0.15, 0.2) is 0 Å². The number of amides is 1. The van der Waals surface area contributed by atoms with Crippen LogP contribution in [0.4, 0.5) is 17.1 Å². The topological polar surface area (TPSA) is 66.9 Å². The summed E-state index contributed by atoms with van der Waals surface area (Å²) in [6.07, 6.45) is 1.67. The fourth-order valence-electron chi connectivity index (χ4n) is 3.44. The molecule has 2 aliphatic heterocycles. The van der Waals surface area contributed by atoms with Gasteiger partial charge in [-0.3, -0.25) is 9.78 Å². The molecule has 4 rings (SSSR count). The van der Waals surface area contributed by atoms with Crippen LogP contribution in [0.1, 0.15) is 10.5 Å². The first kappa shape index (κ1) is 19.0. The van der Waals surface area contributed by atoms with E-state index in [4.69, 9.17) is 21.1 Å². The highest BCUT2D eigenvalue weighted by Crippen LogP contribution is 2.30. The van der Waals surface area contributed by atoms with Gasteiger partial charge in [0.25, 0.3) is 5.91 Å². The molecule has 3 heterocycles. The van der Waals surface area contributed by atoms with Crippen molar-refractivity contribution in [2.24, 2.45) is 0 Å². The van der Waals surface area contributed by atoms with E-state index in [9.17, 15) is 4.79 Å². The van der Waals surface area contributed by atoms with Crippen molar-refractivity contribution in [3.8, 4) is 0 Å². The maximum absolute atomic E-state index is 12.9. The van der Waals surface area contributed by atoms with Crippen molar-refractivity contribution in [3.05, 3.63) is 47.2 Å². The highest BCUT2D eigenvalue weighted by atomic mass is 35.5. The van der Waals surface area contributed by atoms with Crippen LogP contribution in [0.15, 0.2) is 36.5 Å². The van der Waals surface area contributed by atoms with Crippen molar-refractivity contribution in [1.82, 2.24) is 4.98 Å². The van der Waals surface area contributed by atoms with Gasteiger partial charge in [0.05, 0.1) is 37.8 Å². The average Bonchev–Trinajstić information content (AvgIpc) is 2.75. The molecule has 148 valence electrons. The summed E-state index contributed by atoms with van der Waals surface area (Å²) in [5, 5.41) is 3.56. The van der Waals surface area contributed by atoms with Gasteiger partial charge in [-0.05, 0) is 30.3 Å². The second-order valence-corrected chi connectivity index (χ2v) is 7.15. The SMILES string of the molecule is O=C(Nc1cc(Cl)ccc1N1CCOCC1)c1cc(N2CCOCC2)ccn1. The minimum absolute atomic E-state index is 0.258. The third kappa shape index (κ3) is 4.38. The lowest BCUT2D eigenvalue weighted by Gasteiger charge is -2.30. The molecule has 1 N–H and O–H groups in total. The van der Waals surface area contributed by atoms with Gasteiger partial charge >= 0.3 is 0 Å². The second kappa shape index (κ2) is 8.77. The number of morpholine rings is 2. The molecule has 1 aromatic carbocycles. The first-order valence-corrected chi connectivity index (χ1v) is 9.81. The molecule has 1 aromatic heterocycles. The number of hydrogen-bond acceptors (Lipinski definition) is 6. The second-order valence-electron chi connectivity index (χ2n) is 6.71. The monoisotopic (exact) mass is 402 g/mol. The Hall–Kier alpha value is -2.35. The van der Waals surface area contributed by atoms with Gasteiger partial charge in [0, 0.05) is 43.1 Å². The summed E-state index contributed by atoms with van der Waals surface area (Å²) in [4.78, 5) is 21.5. The van der Waals surface area contributed by atoms with E-state index in [1.165, 1.54) is 0 Å². The van der Waals surface area contributed by atoms with E-state index in [-0.39, 0.29) is 5.91 Å². The normalized spacial score (nSPS) is 17.5. The number of carbonyl (C=O) groups is 1. The molecule has 0 bridgehead atoms. The molecule has 0 saturated carbocycles.